The van der Waals surface area contributed by atoms with E-state index in [2.05, 4.69) is 28.7 Å². The van der Waals surface area contributed by atoms with Crippen LogP contribution in [-0.2, 0) is 16.0 Å². The quantitative estimate of drug-likeness (QED) is 0.779. The van der Waals surface area contributed by atoms with Gasteiger partial charge in [-0.3, -0.25) is 14.5 Å². The van der Waals surface area contributed by atoms with Crippen molar-refractivity contribution in [3.8, 4) is 5.75 Å². The minimum absolute atomic E-state index is 0.159. The van der Waals surface area contributed by atoms with Gasteiger partial charge in [0, 0.05) is 30.8 Å². The lowest BCUT2D eigenvalue weighted by Crippen LogP contribution is -2.47. The molecular weight excluding hydrogens is 356 g/mol. The number of rotatable bonds is 6. The van der Waals surface area contributed by atoms with Crippen LogP contribution in [-0.4, -0.2) is 35.0 Å². The zero-order valence-corrected chi connectivity index (χ0v) is 16.5. The maximum absolute atomic E-state index is 13.2. The first-order valence-electron chi connectivity index (χ1n) is 9.80. The van der Waals surface area contributed by atoms with E-state index in [1.165, 1.54) is 0 Å². The fraction of sp³-hybridized carbons (Fsp3) is 0.476. The smallest absolute Gasteiger partial charge is 0.241 e. The largest absolute Gasteiger partial charge is 0.497 e. The number of hydrogen-bond acceptors (Lipinski definition) is 4. The van der Waals surface area contributed by atoms with E-state index in [9.17, 15) is 9.59 Å². The van der Waals surface area contributed by atoms with Crippen LogP contribution in [0, 0.1) is 11.8 Å². The van der Waals surface area contributed by atoms with Crippen molar-refractivity contribution < 1.29 is 14.3 Å². The summed E-state index contributed by atoms with van der Waals surface area (Å²) in [5.41, 5.74) is 1.58. The number of anilines is 2. The summed E-state index contributed by atoms with van der Waals surface area (Å²) in [6, 6.07) is 7.37. The van der Waals surface area contributed by atoms with Crippen LogP contribution < -0.4 is 15.0 Å². The zero-order chi connectivity index (χ0) is 19.8. The Balaban J connectivity index is 1.61. The van der Waals surface area contributed by atoms with Crippen LogP contribution in [0.5, 0.6) is 5.75 Å². The average molecular weight is 382 g/mol. The van der Waals surface area contributed by atoms with E-state index in [4.69, 9.17) is 4.74 Å². The topological polar surface area (TPSA) is 76.5 Å². The Morgan fingerprint density at radius 3 is 2.82 bits per heavy atom. The molecule has 1 saturated carbocycles. The third-order valence-corrected chi connectivity index (χ3v) is 5.44. The Kier molecular flexibility index (Phi) is 4.83. The van der Waals surface area contributed by atoms with Crippen molar-refractivity contribution in [1.29, 1.82) is 0 Å². The molecule has 28 heavy (non-hydrogen) atoms. The lowest BCUT2D eigenvalue weighted by Gasteiger charge is -2.32. The van der Waals surface area contributed by atoms with Crippen LogP contribution in [0.3, 0.4) is 0 Å². The normalized spacial score (nSPS) is 18.9. The molecule has 1 aliphatic heterocycles. The summed E-state index contributed by atoms with van der Waals surface area (Å²) in [5, 5.41) is 2.88. The molecule has 4 rings (SSSR count). The van der Waals surface area contributed by atoms with Crippen LogP contribution in [0.2, 0.25) is 0 Å². The van der Waals surface area contributed by atoms with Gasteiger partial charge in [0.1, 0.15) is 11.7 Å². The maximum atomic E-state index is 13.2. The Morgan fingerprint density at radius 2 is 2.14 bits per heavy atom. The molecule has 1 fully saturated rings. The van der Waals surface area contributed by atoms with E-state index in [0.29, 0.717) is 30.3 Å². The molecule has 1 aromatic carbocycles. The lowest BCUT2D eigenvalue weighted by molar-refractivity contribution is -0.131. The Bertz CT molecular complexity index is 901. The highest BCUT2D eigenvalue weighted by Crippen LogP contribution is 2.37. The van der Waals surface area contributed by atoms with E-state index >= 15 is 0 Å². The van der Waals surface area contributed by atoms with Crippen molar-refractivity contribution in [3.05, 3.63) is 36.3 Å². The van der Waals surface area contributed by atoms with Gasteiger partial charge in [0.05, 0.1) is 19.1 Å². The van der Waals surface area contributed by atoms with Gasteiger partial charge < -0.3 is 14.6 Å². The second-order valence-electron chi connectivity index (χ2n) is 7.89. The molecule has 0 spiro atoms. The van der Waals surface area contributed by atoms with Gasteiger partial charge in [-0.15, -0.1) is 0 Å². The fourth-order valence-corrected chi connectivity index (χ4v) is 3.69. The number of fused-ring (bicyclic) bond motifs is 1. The fourth-order valence-electron chi connectivity index (χ4n) is 3.69. The van der Waals surface area contributed by atoms with Crippen molar-refractivity contribution in [2.75, 3.05) is 23.9 Å². The van der Waals surface area contributed by atoms with E-state index in [0.717, 1.165) is 24.4 Å². The number of carbonyl (C=O) groups excluding carboxylic acids is 2. The lowest BCUT2D eigenvalue weighted by atomic mass is 9.95. The summed E-state index contributed by atoms with van der Waals surface area (Å²) < 4.78 is 7.27. The average Bonchev–Trinajstić information content (AvgIpc) is 3.39. The monoisotopic (exact) mass is 382 g/mol. The van der Waals surface area contributed by atoms with Gasteiger partial charge in [-0.2, -0.15) is 0 Å². The van der Waals surface area contributed by atoms with Crippen LogP contribution in [0.15, 0.2) is 30.6 Å². The number of methoxy groups -OCH3 is 1. The molecule has 7 nitrogen and oxygen atoms in total. The van der Waals surface area contributed by atoms with Gasteiger partial charge in [-0.05, 0) is 44.7 Å². The molecule has 1 aliphatic carbocycles. The summed E-state index contributed by atoms with van der Waals surface area (Å²) >= 11 is 0. The number of amides is 2. The number of ether oxygens (including phenoxy) is 1. The molecule has 1 unspecified atom stereocenters. The number of imidazole rings is 1. The van der Waals surface area contributed by atoms with Crippen molar-refractivity contribution in [2.45, 2.75) is 39.2 Å². The van der Waals surface area contributed by atoms with Gasteiger partial charge in [-0.25, -0.2) is 4.98 Å². The third-order valence-electron chi connectivity index (χ3n) is 5.44. The molecular formula is C21H26N4O3. The van der Waals surface area contributed by atoms with Crippen molar-refractivity contribution in [1.82, 2.24) is 9.55 Å². The Hall–Kier alpha value is -2.83. The van der Waals surface area contributed by atoms with Crippen molar-refractivity contribution in [2.24, 2.45) is 11.8 Å². The van der Waals surface area contributed by atoms with Gasteiger partial charge in [-0.1, -0.05) is 6.07 Å². The van der Waals surface area contributed by atoms with Gasteiger partial charge >= 0.3 is 0 Å². The SMILES string of the molecule is COc1cccc(NC(=O)C2Cc3c(ncn3C(C)C)N(CC3CC3)C2=O)c1. The first kappa shape index (κ1) is 18.5. The number of benzene rings is 1. The maximum Gasteiger partial charge on any atom is 0.241 e. The van der Waals surface area contributed by atoms with Gasteiger partial charge in [0.15, 0.2) is 5.82 Å². The number of nitrogens with zero attached hydrogens (tertiary/aromatic N) is 3. The van der Waals surface area contributed by atoms with E-state index in [-0.39, 0.29) is 17.9 Å². The molecule has 7 heteroatoms. The molecule has 0 saturated heterocycles. The van der Waals surface area contributed by atoms with Gasteiger partial charge in [0.25, 0.3) is 0 Å². The second kappa shape index (κ2) is 7.30. The summed E-state index contributed by atoms with van der Waals surface area (Å²) in [7, 11) is 1.58. The predicted molar refractivity (Wildman–Crippen MR) is 107 cm³/mol. The van der Waals surface area contributed by atoms with Crippen LogP contribution in [0.4, 0.5) is 11.5 Å². The van der Waals surface area contributed by atoms with Crippen molar-refractivity contribution in [3.63, 3.8) is 0 Å². The summed E-state index contributed by atoms with van der Waals surface area (Å²) in [4.78, 5) is 32.4. The summed E-state index contributed by atoms with van der Waals surface area (Å²) in [6.45, 7) is 4.80. The number of nitrogens with one attached hydrogen (secondary N) is 1. The third kappa shape index (κ3) is 3.48. The highest BCUT2D eigenvalue weighted by atomic mass is 16.5. The molecule has 1 atom stereocenters. The minimum Gasteiger partial charge on any atom is -0.497 e. The van der Waals surface area contributed by atoms with Crippen LogP contribution >= 0.6 is 0 Å². The minimum atomic E-state index is -0.758. The highest BCUT2D eigenvalue weighted by Gasteiger charge is 2.42. The van der Waals surface area contributed by atoms with Gasteiger partial charge in [0.2, 0.25) is 11.8 Å². The Morgan fingerprint density at radius 1 is 1.36 bits per heavy atom. The molecule has 2 amide bonds. The molecule has 2 aliphatic rings. The predicted octanol–water partition coefficient (Wildman–Crippen LogP) is 3.03. The van der Waals surface area contributed by atoms with Crippen LogP contribution in [0.25, 0.3) is 0 Å². The second-order valence-corrected chi connectivity index (χ2v) is 7.89. The number of carbonyl (C=O) groups is 2. The van der Waals surface area contributed by atoms with E-state index < -0.39 is 5.92 Å². The highest BCUT2D eigenvalue weighted by molar-refractivity contribution is 6.13. The number of aromatic nitrogens is 2. The standard InChI is InChI=1S/C21H26N4O3/c1-13(2)25-12-22-19-18(25)10-17(21(27)24(19)11-14-7-8-14)20(26)23-15-5-4-6-16(9-15)28-3/h4-6,9,12-14,17H,7-8,10-11H2,1-3H3,(H,23,26). The molecule has 2 heterocycles. The molecule has 2 aromatic rings. The van der Waals surface area contributed by atoms with E-state index in [1.807, 2.05) is 12.1 Å². The van der Waals surface area contributed by atoms with Crippen molar-refractivity contribution >= 4 is 23.3 Å². The van der Waals surface area contributed by atoms with E-state index in [1.54, 1.807) is 30.5 Å². The first-order valence-corrected chi connectivity index (χ1v) is 9.80. The molecule has 0 bridgehead atoms. The Labute approximate surface area is 164 Å². The zero-order valence-electron chi connectivity index (χ0n) is 16.5. The molecule has 1 aromatic heterocycles. The van der Waals surface area contributed by atoms with Crippen LogP contribution in [0.1, 0.15) is 38.4 Å². The first-order chi connectivity index (χ1) is 13.5. The molecule has 0 radical (unpaired) electrons. The summed E-state index contributed by atoms with van der Waals surface area (Å²) in [6.07, 6.45) is 4.41. The molecule has 148 valence electrons. The molecule has 1 N–H and O–H groups in total. The number of hydrogen-bond donors (Lipinski definition) is 1. The summed E-state index contributed by atoms with van der Waals surface area (Å²) in [5.74, 6) is 0.683.